The fourth-order valence-electron chi connectivity index (χ4n) is 3.56. The quantitative estimate of drug-likeness (QED) is 0.552. The third-order valence-corrected chi connectivity index (χ3v) is 4.81. The van der Waals surface area contributed by atoms with Gasteiger partial charge in [-0.15, -0.1) is 0 Å². The number of allylic oxidation sites excluding steroid dienone is 1. The van der Waals surface area contributed by atoms with Crippen LogP contribution in [0.5, 0.6) is 0 Å². The lowest BCUT2D eigenvalue weighted by Crippen LogP contribution is -2.39. The Hall–Kier alpha value is -2.94. The molecule has 3 nitrogen and oxygen atoms in total. The van der Waals surface area contributed by atoms with E-state index in [4.69, 9.17) is 5.73 Å². The second-order valence-electron chi connectivity index (χ2n) is 6.22. The third kappa shape index (κ3) is 2.21. The van der Waals surface area contributed by atoms with Gasteiger partial charge in [-0.2, -0.15) is 4.57 Å². The molecule has 2 N–H and O–H groups in total. The van der Waals surface area contributed by atoms with Crippen molar-refractivity contribution < 1.29 is 9.36 Å². The summed E-state index contributed by atoms with van der Waals surface area (Å²) >= 11 is 0. The number of aromatic nitrogens is 1. The lowest BCUT2D eigenvalue weighted by Gasteiger charge is -2.18. The Morgan fingerprint density at radius 2 is 1.71 bits per heavy atom. The van der Waals surface area contributed by atoms with Gasteiger partial charge in [-0.05, 0) is 24.1 Å². The summed E-state index contributed by atoms with van der Waals surface area (Å²) in [5, 5.41) is 0.938. The highest BCUT2D eigenvalue weighted by atomic mass is 16.1. The van der Waals surface area contributed by atoms with Crippen LogP contribution in [0.15, 0.2) is 60.2 Å². The molecule has 24 heavy (non-hydrogen) atoms. The maximum atomic E-state index is 13.1. The molecule has 0 atom stereocenters. The summed E-state index contributed by atoms with van der Waals surface area (Å²) < 4.78 is 2.11. The normalized spacial score (nSPS) is 15.7. The van der Waals surface area contributed by atoms with Gasteiger partial charge in [0.15, 0.2) is 11.5 Å². The predicted octanol–water partition coefficient (Wildman–Crippen LogP) is 3.46. The van der Waals surface area contributed by atoms with Crippen molar-refractivity contribution >= 4 is 28.4 Å². The molecule has 0 radical (unpaired) electrons. The van der Waals surface area contributed by atoms with E-state index in [1.54, 1.807) is 0 Å². The van der Waals surface area contributed by atoms with Crippen molar-refractivity contribution in [1.29, 1.82) is 0 Å². The van der Waals surface area contributed by atoms with Crippen LogP contribution in [0.25, 0.3) is 17.0 Å². The Bertz CT molecular complexity index is 988. The minimum atomic E-state index is 0.0546. The minimum absolute atomic E-state index is 0.0546. The summed E-state index contributed by atoms with van der Waals surface area (Å²) in [4.78, 5) is 13.1. The number of carbonyl (C=O) groups is 1. The van der Waals surface area contributed by atoms with E-state index >= 15 is 0 Å². The van der Waals surface area contributed by atoms with Gasteiger partial charge in [0.25, 0.3) is 0 Å². The lowest BCUT2D eigenvalue weighted by molar-refractivity contribution is -0.653. The zero-order valence-corrected chi connectivity index (χ0v) is 13.6. The van der Waals surface area contributed by atoms with Crippen LogP contribution in [0.1, 0.15) is 28.0 Å². The number of nitrogens with two attached hydrogens (primary N) is 1. The maximum Gasteiger partial charge on any atom is 0.214 e. The molecule has 118 valence electrons. The van der Waals surface area contributed by atoms with Gasteiger partial charge < -0.3 is 5.73 Å². The molecule has 0 saturated carbocycles. The zero-order valence-electron chi connectivity index (χ0n) is 13.6. The number of hydrogen-bond acceptors (Lipinski definition) is 2. The molecule has 1 aliphatic rings. The summed E-state index contributed by atoms with van der Waals surface area (Å²) in [6.07, 6.45) is 3.55. The smallest absolute Gasteiger partial charge is 0.214 e. The molecule has 4 rings (SSSR count). The van der Waals surface area contributed by atoms with Crippen LogP contribution in [-0.2, 0) is 13.5 Å². The first-order chi connectivity index (χ1) is 11.7. The van der Waals surface area contributed by atoms with Gasteiger partial charge in [-0.1, -0.05) is 42.5 Å². The molecule has 1 heterocycles. The molecule has 1 aliphatic carbocycles. The Balaban J connectivity index is 1.90. The van der Waals surface area contributed by atoms with Crippen LogP contribution >= 0.6 is 0 Å². The number of aryl methyl sites for hydroxylation is 1. The zero-order chi connectivity index (χ0) is 16.7. The van der Waals surface area contributed by atoms with Gasteiger partial charge in [0.1, 0.15) is 12.6 Å². The average Bonchev–Trinajstić information content (AvgIpc) is 2.62. The molecule has 0 amide bonds. The summed E-state index contributed by atoms with van der Waals surface area (Å²) in [5.41, 5.74) is 11.6. The van der Waals surface area contributed by atoms with E-state index in [-0.39, 0.29) is 5.78 Å². The van der Waals surface area contributed by atoms with E-state index in [2.05, 4.69) is 4.57 Å². The number of Topliss-reactive ketones (excluding diaryl/α,β-unsaturated/α-hetero) is 1. The highest BCUT2D eigenvalue weighted by molar-refractivity contribution is 6.18. The Labute approximate surface area is 141 Å². The first kappa shape index (κ1) is 14.6. The maximum absolute atomic E-state index is 13.1. The molecule has 0 spiro atoms. The molecule has 2 aromatic carbocycles. The molecule has 0 unspecified atom stereocenters. The molecule has 0 saturated heterocycles. The van der Waals surface area contributed by atoms with Crippen molar-refractivity contribution in [3.05, 3.63) is 77.0 Å². The SMILES string of the molecule is C[n+]1c2c(c(N)c3ccccc31)C(=O)/C(=C/c1ccccc1)CC2. The fraction of sp³-hybridized carbons (Fsp3) is 0.143. The highest BCUT2D eigenvalue weighted by Gasteiger charge is 2.32. The Morgan fingerprint density at radius 3 is 2.50 bits per heavy atom. The molecular formula is C21H19N2O+. The van der Waals surface area contributed by atoms with Crippen LogP contribution in [0.4, 0.5) is 5.69 Å². The van der Waals surface area contributed by atoms with Crippen LogP contribution < -0.4 is 10.3 Å². The second kappa shape index (κ2) is 5.60. The van der Waals surface area contributed by atoms with Gasteiger partial charge in [-0.3, -0.25) is 4.79 Å². The molecule has 1 aromatic heterocycles. The number of anilines is 1. The number of ketones is 1. The first-order valence-corrected chi connectivity index (χ1v) is 8.16. The first-order valence-electron chi connectivity index (χ1n) is 8.16. The van der Waals surface area contributed by atoms with E-state index in [0.29, 0.717) is 11.3 Å². The molecule has 0 fully saturated rings. The van der Waals surface area contributed by atoms with Gasteiger partial charge in [0.2, 0.25) is 5.52 Å². The number of rotatable bonds is 1. The topological polar surface area (TPSA) is 47.0 Å². The summed E-state index contributed by atoms with van der Waals surface area (Å²) in [6.45, 7) is 0. The fourth-order valence-corrected chi connectivity index (χ4v) is 3.56. The van der Waals surface area contributed by atoms with Gasteiger partial charge in [-0.25, -0.2) is 0 Å². The number of fused-ring (bicyclic) bond motifs is 2. The highest BCUT2D eigenvalue weighted by Crippen LogP contribution is 2.32. The largest absolute Gasteiger partial charge is 0.397 e. The van der Waals surface area contributed by atoms with Gasteiger partial charge >= 0.3 is 0 Å². The number of pyridine rings is 1. The van der Waals surface area contributed by atoms with E-state index < -0.39 is 0 Å². The van der Waals surface area contributed by atoms with Crippen molar-refractivity contribution in [2.24, 2.45) is 7.05 Å². The monoisotopic (exact) mass is 315 g/mol. The molecule has 3 heteroatoms. The van der Waals surface area contributed by atoms with Crippen LogP contribution in [0.3, 0.4) is 0 Å². The van der Waals surface area contributed by atoms with Crippen molar-refractivity contribution in [1.82, 2.24) is 0 Å². The van der Waals surface area contributed by atoms with Crippen molar-refractivity contribution in [2.75, 3.05) is 5.73 Å². The number of carbonyl (C=O) groups excluding carboxylic acids is 1. The third-order valence-electron chi connectivity index (χ3n) is 4.81. The van der Waals surface area contributed by atoms with Crippen molar-refractivity contribution in [3.8, 4) is 0 Å². The van der Waals surface area contributed by atoms with Gasteiger partial charge in [0.05, 0.1) is 11.1 Å². The molecular weight excluding hydrogens is 296 g/mol. The van der Waals surface area contributed by atoms with E-state index in [9.17, 15) is 4.79 Å². The summed E-state index contributed by atoms with van der Waals surface area (Å²) in [6, 6.07) is 18.0. The Kier molecular flexibility index (Phi) is 3.42. The number of hydrogen-bond donors (Lipinski definition) is 1. The second-order valence-corrected chi connectivity index (χ2v) is 6.22. The number of para-hydroxylation sites is 1. The number of benzene rings is 2. The predicted molar refractivity (Wildman–Crippen MR) is 96.6 cm³/mol. The number of nitrogens with zero attached hydrogens (tertiary/aromatic N) is 1. The van der Waals surface area contributed by atoms with E-state index in [1.165, 1.54) is 0 Å². The molecule has 0 aliphatic heterocycles. The Morgan fingerprint density at radius 1 is 1.00 bits per heavy atom. The van der Waals surface area contributed by atoms with E-state index in [1.807, 2.05) is 67.7 Å². The minimum Gasteiger partial charge on any atom is -0.397 e. The summed E-state index contributed by atoms with van der Waals surface area (Å²) in [7, 11) is 2.01. The number of nitrogen functional groups attached to an aromatic ring is 1. The summed E-state index contributed by atoms with van der Waals surface area (Å²) in [5.74, 6) is 0.0546. The van der Waals surface area contributed by atoms with E-state index in [0.717, 1.165) is 40.6 Å². The standard InChI is InChI=1S/C21H18N2O/c1-23-17-10-6-5-9-16(17)20(22)19-18(23)12-11-15(21(19)24)13-14-7-3-2-4-8-14/h2-10,13,22H,11-12H2,1H3/p+1/b15-13+. The van der Waals surface area contributed by atoms with Crippen molar-refractivity contribution in [2.45, 2.75) is 12.8 Å². The average molecular weight is 315 g/mol. The van der Waals surface area contributed by atoms with Crippen molar-refractivity contribution in [3.63, 3.8) is 0 Å². The molecule has 3 aromatic rings. The lowest BCUT2D eigenvalue weighted by atomic mass is 9.86. The van der Waals surface area contributed by atoms with Crippen LogP contribution in [0.2, 0.25) is 0 Å². The molecule has 0 bridgehead atoms. The van der Waals surface area contributed by atoms with Crippen LogP contribution in [-0.4, -0.2) is 5.78 Å². The van der Waals surface area contributed by atoms with Gasteiger partial charge in [0, 0.05) is 18.1 Å². The van der Waals surface area contributed by atoms with Crippen LogP contribution in [0, 0.1) is 0 Å².